The third kappa shape index (κ3) is 4.48. The third-order valence-electron chi connectivity index (χ3n) is 3.32. The number of rotatable bonds is 7. The monoisotopic (exact) mass is 307 g/mol. The van der Waals surface area contributed by atoms with E-state index in [0.29, 0.717) is 17.1 Å². The second kappa shape index (κ2) is 7.82. The minimum Gasteiger partial charge on any atom is -0.497 e. The summed E-state index contributed by atoms with van der Waals surface area (Å²) in [6.07, 6.45) is 0. The van der Waals surface area contributed by atoms with Gasteiger partial charge in [0, 0.05) is 18.2 Å². The zero-order valence-corrected chi connectivity index (χ0v) is 14.2. The van der Waals surface area contributed by atoms with Crippen LogP contribution in [0.25, 0.3) is 0 Å². The van der Waals surface area contributed by atoms with Crippen LogP contribution in [-0.2, 0) is 4.79 Å². The summed E-state index contributed by atoms with van der Waals surface area (Å²) in [4.78, 5) is 25.7. The van der Waals surface area contributed by atoms with Gasteiger partial charge in [0.25, 0.3) is 5.91 Å². The summed E-state index contributed by atoms with van der Waals surface area (Å²) in [6, 6.07) is 5.14. The molecule has 1 rings (SSSR count). The van der Waals surface area contributed by atoms with Gasteiger partial charge in [-0.25, -0.2) is 0 Å². The summed E-state index contributed by atoms with van der Waals surface area (Å²) < 4.78 is 10.7. The van der Waals surface area contributed by atoms with Gasteiger partial charge in [0.15, 0.2) is 12.4 Å². The Kier molecular flexibility index (Phi) is 6.40. The molecule has 5 nitrogen and oxygen atoms in total. The molecule has 0 aliphatic rings. The number of nitrogens with zero attached hydrogens (tertiary/aromatic N) is 1. The molecular formula is C17H25NO4. The summed E-state index contributed by atoms with van der Waals surface area (Å²) >= 11 is 0. The molecule has 1 amide bonds. The first-order valence-electron chi connectivity index (χ1n) is 7.40. The average Bonchev–Trinajstić information content (AvgIpc) is 2.43. The van der Waals surface area contributed by atoms with Crippen LogP contribution in [0.1, 0.15) is 45.0 Å². The Morgan fingerprint density at radius 3 is 2.18 bits per heavy atom. The van der Waals surface area contributed by atoms with Crippen molar-refractivity contribution in [3.05, 3.63) is 23.8 Å². The lowest BCUT2D eigenvalue weighted by Gasteiger charge is -2.30. The van der Waals surface area contributed by atoms with Crippen molar-refractivity contribution in [2.45, 2.75) is 46.7 Å². The van der Waals surface area contributed by atoms with Crippen molar-refractivity contribution < 1.29 is 19.1 Å². The van der Waals surface area contributed by atoms with Crippen LogP contribution in [0, 0.1) is 0 Å². The highest BCUT2D eigenvalue weighted by Crippen LogP contribution is 2.25. The lowest BCUT2D eigenvalue weighted by molar-refractivity contribution is -0.137. The van der Waals surface area contributed by atoms with E-state index in [-0.39, 0.29) is 30.4 Å². The highest BCUT2D eigenvalue weighted by Gasteiger charge is 2.21. The Morgan fingerprint density at radius 2 is 1.73 bits per heavy atom. The van der Waals surface area contributed by atoms with Crippen LogP contribution in [0.5, 0.6) is 11.5 Å². The van der Waals surface area contributed by atoms with Crippen LogP contribution in [0.15, 0.2) is 18.2 Å². The van der Waals surface area contributed by atoms with Crippen molar-refractivity contribution in [1.82, 2.24) is 4.90 Å². The maximum absolute atomic E-state index is 12.3. The molecule has 0 aromatic heterocycles. The summed E-state index contributed by atoms with van der Waals surface area (Å²) in [5.74, 6) is 0.724. The third-order valence-corrected chi connectivity index (χ3v) is 3.32. The molecule has 0 atom stereocenters. The smallest absolute Gasteiger partial charge is 0.260 e. The Balaban J connectivity index is 2.90. The van der Waals surface area contributed by atoms with Gasteiger partial charge >= 0.3 is 0 Å². The number of carbonyl (C=O) groups is 2. The van der Waals surface area contributed by atoms with Crippen molar-refractivity contribution in [1.29, 1.82) is 0 Å². The Bertz CT molecular complexity index is 529. The number of amides is 1. The van der Waals surface area contributed by atoms with Crippen LogP contribution in [0.3, 0.4) is 0 Å². The molecule has 5 heteroatoms. The molecule has 0 aliphatic heterocycles. The largest absolute Gasteiger partial charge is 0.497 e. The molecule has 22 heavy (non-hydrogen) atoms. The molecule has 0 aliphatic carbocycles. The van der Waals surface area contributed by atoms with E-state index in [1.165, 1.54) is 14.0 Å². The van der Waals surface area contributed by atoms with Crippen LogP contribution < -0.4 is 9.47 Å². The molecule has 0 saturated heterocycles. The maximum atomic E-state index is 12.3. The van der Waals surface area contributed by atoms with Crippen molar-refractivity contribution in [3.8, 4) is 11.5 Å². The standard InChI is InChI=1S/C17H25NO4/c1-11(2)18(12(3)4)17(20)10-22-16-9-14(21-6)7-8-15(16)13(5)19/h7-9,11-12H,10H2,1-6H3. The maximum Gasteiger partial charge on any atom is 0.260 e. The van der Waals surface area contributed by atoms with Crippen molar-refractivity contribution in [3.63, 3.8) is 0 Å². The van der Waals surface area contributed by atoms with Gasteiger partial charge in [0.2, 0.25) is 0 Å². The van der Waals surface area contributed by atoms with E-state index in [1.54, 1.807) is 23.1 Å². The van der Waals surface area contributed by atoms with Gasteiger partial charge in [-0.3, -0.25) is 9.59 Å². The van der Waals surface area contributed by atoms with E-state index >= 15 is 0 Å². The SMILES string of the molecule is COc1ccc(C(C)=O)c(OCC(=O)N(C(C)C)C(C)C)c1. The van der Waals surface area contributed by atoms with Crippen LogP contribution in [0.4, 0.5) is 0 Å². The Labute approximate surface area is 132 Å². The van der Waals surface area contributed by atoms with E-state index in [9.17, 15) is 9.59 Å². The van der Waals surface area contributed by atoms with Gasteiger partial charge < -0.3 is 14.4 Å². The molecule has 0 bridgehead atoms. The predicted octanol–water partition coefficient (Wildman–Crippen LogP) is 2.92. The van der Waals surface area contributed by atoms with Gasteiger partial charge in [-0.15, -0.1) is 0 Å². The predicted molar refractivity (Wildman–Crippen MR) is 85.6 cm³/mol. The first-order valence-corrected chi connectivity index (χ1v) is 7.40. The molecular weight excluding hydrogens is 282 g/mol. The quantitative estimate of drug-likeness (QED) is 0.727. The molecule has 0 spiro atoms. The van der Waals surface area contributed by atoms with E-state index in [4.69, 9.17) is 9.47 Å². The first kappa shape index (κ1) is 18.0. The molecule has 0 radical (unpaired) electrons. The fraction of sp³-hybridized carbons (Fsp3) is 0.529. The fourth-order valence-corrected chi connectivity index (χ4v) is 2.43. The highest BCUT2D eigenvalue weighted by atomic mass is 16.5. The van der Waals surface area contributed by atoms with Crippen LogP contribution in [-0.4, -0.2) is 42.4 Å². The molecule has 0 N–H and O–H groups in total. The lowest BCUT2D eigenvalue weighted by Crippen LogP contribution is -2.44. The van der Waals surface area contributed by atoms with Gasteiger partial charge in [-0.1, -0.05) is 0 Å². The number of carbonyl (C=O) groups excluding carboxylic acids is 2. The number of ketones is 1. The summed E-state index contributed by atoms with van der Waals surface area (Å²) in [5, 5.41) is 0. The highest BCUT2D eigenvalue weighted by molar-refractivity contribution is 5.97. The second-order valence-electron chi connectivity index (χ2n) is 5.70. The fourth-order valence-electron chi connectivity index (χ4n) is 2.43. The zero-order valence-electron chi connectivity index (χ0n) is 14.2. The van der Waals surface area contributed by atoms with Gasteiger partial charge in [-0.05, 0) is 46.8 Å². The number of hydrogen-bond donors (Lipinski definition) is 0. The molecule has 0 unspecified atom stereocenters. The van der Waals surface area contributed by atoms with Gasteiger partial charge in [0.05, 0.1) is 12.7 Å². The minimum absolute atomic E-state index is 0.0914. The van der Waals surface area contributed by atoms with E-state index in [0.717, 1.165) is 0 Å². The van der Waals surface area contributed by atoms with Gasteiger partial charge in [-0.2, -0.15) is 0 Å². The molecule has 122 valence electrons. The van der Waals surface area contributed by atoms with Gasteiger partial charge in [0.1, 0.15) is 11.5 Å². The molecule has 0 fully saturated rings. The number of methoxy groups -OCH3 is 1. The molecule has 1 aromatic carbocycles. The van der Waals surface area contributed by atoms with Crippen molar-refractivity contribution in [2.24, 2.45) is 0 Å². The number of ether oxygens (including phenoxy) is 2. The summed E-state index contributed by atoms with van der Waals surface area (Å²) in [7, 11) is 1.54. The van der Waals surface area contributed by atoms with Crippen molar-refractivity contribution in [2.75, 3.05) is 13.7 Å². The number of Topliss-reactive ketones (excluding diaryl/α,β-unsaturated/α-hetero) is 1. The first-order chi connectivity index (χ1) is 10.3. The van der Waals surface area contributed by atoms with E-state index < -0.39 is 0 Å². The average molecular weight is 307 g/mol. The Morgan fingerprint density at radius 1 is 1.14 bits per heavy atom. The molecule has 1 aromatic rings. The minimum atomic E-state index is -0.116. The number of benzene rings is 1. The topological polar surface area (TPSA) is 55.8 Å². The van der Waals surface area contributed by atoms with Crippen LogP contribution in [0.2, 0.25) is 0 Å². The second-order valence-corrected chi connectivity index (χ2v) is 5.70. The lowest BCUT2D eigenvalue weighted by atomic mass is 10.1. The summed E-state index contributed by atoms with van der Waals surface area (Å²) in [6.45, 7) is 9.21. The molecule has 0 saturated carbocycles. The van der Waals surface area contributed by atoms with E-state index in [2.05, 4.69) is 0 Å². The van der Waals surface area contributed by atoms with E-state index in [1.807, 2.05) is 27.7 Å². The zero-order chi connectivity index (χ0) is 16.9. The van der Waals surface area contributed by atoms with Crippen LogP contribution >= 0.6 is 0 Å². The molecule has 0 heterocycles. The normalized spacial score (nSPS) is 10.7. The van der Waals surface area contributed by atoms with Crippen molar-refractivity contribution >= 4 is 11.7 Å². The summed E-state index contributed by atoms with van der Waals surface area (Å²) in [5.41, 5.74) is 0.439. The Hall–Kier alpha value is -2.04. The number of hydrogen-bond acceptors (Lipinski definition) is 4.